The third-order valence-electron chi connectivity index (χ3n) is 5.02. The molecule has 4 rings (SSSR count). The van der Waals surface area contributed by atoms with Crippen molar-refractivity contribution in [1.82, 2.24) is 10.3 Å². The number of aromatic nitrogens is 1. The van der Waals surface area contributed by atoms with Crippen LogP contribution in [0.15, 0.2) is 60.8 Å². The molecule has 6 heteroatoms. The molecule has 1 N–H and O–H groups in total. The summed E-state index contributed by atoms with van der Waals surface area (Å²) >= 11 is 0. The lowest BCUT2D eigenvalue weighted by atomic mass is 10.1. The van der Waals surface area contributed by atoms with Gasteiger partial charge in [0.1, 0.15) is 5.82 Å². The van der Waals surface area contributed by atoms with Crippen LogP contribution in [-0.4, -0.2) is 29.9 Å². The predicted molar refractivity (Wildman–Crippen MR) is 105 cm³/mol. The van der Waals surface area contributed by atoms with E-state index in [0.29, 0.717) is 19.5 Å². The molecule has 0 radical (unpaired) electrons. The number of halogens is 1. The zero-order valence-electron chi connectivity index (χ0n) is 15.3. The molecule has 1 fully saturated rings. The average molecular weight is 377 g/mol. The molecule has 1 saturated heterocycles. The normalized spacial score (nSPS) is 16.5. The third-order valence-corrected chi connectivity index (χ3v) is 5.02. The van der Waals surface area contributed by atoms with Crippen LogP contribution in [0.5, 0.6) is 0 Å². The molecule has 2 aromatic carbocycles. The van der Waals surface area contributed by atoms with Crippen molar-refractivity contribution < 1.29 is 14.0 Å². The number of carbonyl (C=O) groups is 2. The van der Waals surface area contributed by atoms with Gasteiger partial charge in [0.15, 0.2) is 0 Å². The largest absolute Gasteiger partial charge is 0.355 e. The maximum absolute atomic E-state index is 12.9. The summed E-state index contributed by atoms with van der Waals surface area (Å²) in [7, 11) is 0. The van der Waals surface area contributed by atoms with E-state index in [9.17, 15) is 14.0 Å². The van der Waals surface area contributed by atoms with Gasteiger partial charge in [0.05, 0.1) is 17.1 Å². The first kappa shape index (κ1) is 18.1. The van der Waals surface area contributed by atoms with Crippen molar-refractivity contribution in [2.75, 3.05) is 18.0 Å². The monoisotopic (exact) mass is 377 g/mol. The molecule has 1 aromatic heterocycles. The first-order chi connectivity index (χ1) is 13.6. The van der Waals surface area contributed by atoms with E-state index in [4.69, 9.17) is 0 Å². The van der Waals surface area contributed by atoms with Gasteiger partial charge in [-0.3, -0.25) is 14.6 Å². The van der Waals surface area contributed by atoms with Gasteiger partial charge in [-0.2, -0.15) is 0 Å². The Balaban J connectivity index is 1.40. The number of para-hydroxylation sites is 1. The third kappa shape index (κ3) is 3.71. The number of pyridine rings is 1. The first-order valence-corrected chi connectivity index (χ1v) is 9.28. The number of anilines is 1. The summed E-state index contributed by atoms with van der Waals surface area (Å²) < 4.78 is 12.9. The lowest BCUT2D eigenvalue weighted by Gasteiger charge is -2.18. The van der Waals surface area contributed by atoms with Gasteiger partial charge in [0.2, 0.25) is 11.8 Å². The molecule has 28 heavy (non-hydrogen) atoms. The zero-order chi connectivity index (χ0) is 19.5. The molecular weight excluding hydrogens is 357 g/mol. The number of rotatable bonds is 5. The summed E-state index contributed by atoms with van der Waals surface area (Å²) in [6.07, 6.45) is 2.50. The highest BCUT2D eigenvalue weighted by Crippen LogP contribution is 2.30. The molecule has 5 nitrogen and oxygen atoms in total. The molecule has 142 valence electrons. The summed E-state index contributed by atoms with van der Waals surface area (Å²) in [4.78, 5) is 31.1. The molecule has 3 aromatic rings. The fourth-order valence-corrected chi connectivity index (χ4v) is 3.55. The topological polar surface area (TPSA) is 62.3 Å². The quantitative estimate of drug-likeness (QED) is 0.743. The van der Waals surface area contributed by atoms with Gasteiger partial charge in [0, 0.05) is 31.1 Å². The van der Waals surface area contributed by atoms with Crippen molar-refractivity contribution >= 4 is 28.4 Å². The Labute approximate surface area is 162 Å². The zero-order valence-corrected chi connectivity index (χ0v) is 15.3. The number of carbonyl (C=O) groups excluding carboxylic acids is 2. The van der Waals surface area contributed by atoms with Crippen LogP contribution in [0.4, 0.5) is 10.1 Å². The molecule has 1 atom stereocenters. The van der Waals surface area contributed by atoms with Gasteiger partial charge in [-0.1, -0.05) is 30.3 Å². The Morgan fingerprint density at radius 3 is 2.75 bits per heavy atom. The Morgan fingerprint density at radius 1 is 1.14 bits per heavy atom. The smallest absolute Gasteiger partial charge is 0.227 e. The van der Waals surface area contributed by atoms with Gasteiger partial charge < -0.3 is 10.2 Å². The molecule has 0 spiro atoms. The second kappa shape index (κ2) is 7.76. The van der Waals surface area contributed by atoms with Gasteiger partial charge in [0.25, 0.3) is 0 Å². The second-order valence-corrected chi connectivity index (χ2v) is 6.93. The molecule has 1 unspecified atom stereocenters. The van der Waals surface area contributed by atoms with E-state index >= 15 is 0 Å². The molecule has 2 heterocycles. The minimum absolute atomic E-state index is 0.0724. The van der Waals surface area contributed by atoms with E-state index in [1.54, 1.807) is 23.2 Å². The first-order valence-electron chi connectivity index (χ1n) is 9.28. The Kier molecular flexibility index (Phi) is 5.02. The molecule has 0 saturated carbocycles. The Bertz CT molecular complexity index is 1010. The fourth-order valence-electron chi connectivity index (χ4n) is 3.55. The van der Waals surface area contributed by atoms with Crippen molar-refractivity contribution in [2.24, 2.45) is 5.92 Å². The Morgan fingerprint density at radius 2 is 1.93 bits per heavy atom. The number of benzene rings is 2. The SMILES string of the molecule is O=C(NCCc1ccc(F)cc1)C1CC(=O)N(c2cccc3cccnc23)C1. The van der Waals surface area contributed by atoms with Crippen molar-refractivity contribution in [3.8, 4) is 0 Å². The van der Waals surface area contributed by atoms with Gasteiger partial charge in [-0.25, -0.2) is 4.39 Å². The minimum Gasteiger partial charge on any atom is -0.355 e. The van der Waals surface area contributed by atoms with Crippen LogP contribution in [0, 0.1) is 11.7 Å². The number of hydrogen-bond acceptors (Lipinski definition) is 3. The highest BCUT2D eigenvalue weighted by molar-refractivity contribution is 6.05. The van der Waals surface area contributed by atoms with Crippen LogP contribution in [0.25, 0.3) is 10.9 Å². The van der Waals surface area contributed by atoms with E-state index in [2.05, 4.69) is 10.3 Å². The maximum Gasteiger partial charge on any atom is 0.227 e. The summed E-state index contributed by atoms with van der Waals surface area (Å²) in [6, 6.07) is 15.7. The molecule has 2 amide bonds. The number of amides is 2. The summed E-state index contributed by atoms with van der Waals surface area (Å²) in [6.45, 7) is 0.794. The Hall–Kier alpha value is -3.28. The minimum atomic E-state index is -0.389. The molecule has 0 bridgehead atoms. The fraction of sp³-hybridized carbons (Fsp3) is 0.227. The van der Waals surface area contributed by atoms with Gasteiger partial charge >= 0.3 is 0 Å². The number of hydrogen-bond donors (Lipinski definition) is 1. The standard InChI is InChI=1S/C22H20FN3O2/c23-18-8-6-15(7-9-18)10-12-25-22(28)17-13-20(27)26(14-17)19-5-1-3-16-4-2-11-24-21(16)19/h1-9,11,17H,10,12-14H2,(H,25,28). The second-order valence-electron chi connectivity index (χ2n) is 6.93. The van der Waals surface area contributed by atoms with Crippen LogP contribution in [0.1, 0.15) is 12.0 Å². The molecule has 1 aliphatic heterocycles. The lowest BCUT2D eigenvalue weighted by Crippen LogP contribution is -2.34. The van der Waals surface area contributed by atoms with E-state index in [1.807, 2.05) is 30.3 Å². The molecule has 0 aliphatic carbocycles. The van der Waals surface area contributed by atoms with Crippen LogP contribution in [-0.2, 0) is 16.0 Å². The van der Waals surface area contributed by atoms with E-state index in [-0.39, 0.29) is 30.0 Å². The van der Waals surface area contributed by atoms with Crippen LogP contribution < -0.4 is 10.2 Å². The van der Waals surface area contributed by atoms with Gasteiger partial charge in [-0.15, -0.1) is 0 Å². The van der Waals surface area contributed by atoms with Crippen LogP contribution in [0.3, 0.4) is 0 Å². The summed E-state index contributed by atoms with van der Waals surface area (Å²) in [5, 5.41) is 3.85. The summed E-state index contributed by atoms with van der Waals surface area (Å²) in [5.41, 5.74) is 2.45. The average Bonchev–Trinajstić information content (AvgIpc) is 3.10. The van der Waals surface area contributed by atoms with Crippen molar-refractivity contribution in [3.63, 3.8) is 0 Å². The maximum atomic E-state index is 12.9. The van der Waals surface area contributed by atoms with Crippen molar-refractivity contribution in [2.45, 2.75) is 12.8 Å². The molecular formula is C22H20FN3O2. The predicted octanol–water partition coefficient (Wildman–Crippen LogP) is 3.09. The lowest BCUT2D eigenvalue weighted by molar-refractivity contribution is -0.126. The van der Waals surface area contributed by atoms with Crippen molar-refractivity contribution in [1.29, 1.82) is 0 Å². The van der Waals surface area contributed by atoms with Crippen LogP contribution >= 0.6 is 0 Å². The number of nitrogens with zero attached hydrogens (tertiary/aromatic N) is 2. The number of fused-ring (bicyclic) bond motifs is 1. The van der Waals surface area contributed by atoms with E-state index in [1.165, 1.54) is 12.1 Å². The summed E-state index contributed by atoms with van der Waals surface area (Å²) in [5.74, 6) is -0.872. The van der Waals surface area contributed by atoms with E-state index < -0.39 is 0 Å². The molecule has 1 aliphatic rings. The van der Waals surface area contributed by atoms with E-state index in [0.717, 1.165) is 22.2 Å². The van der Waals surface area contributed by atoms with Gasteiger partial charge in [-0.05, 0) is 36.2 Å². The number of nitrogens with one attached hydrogen (secondary N) is 1. The van der Waals surface area contributed by atoms with Crippen LogP contribution in [0.2, 0.25) is 0 Å². The highest BCUT2D eigenvalue weighted by atomic mass is 19.1. The van der Waals surface area contributed by atoms with Crippen molar-refractivity contribution in [3.05, 3.63) is 72.2 Å². The highest BCUT2D eigenvalue weighted by Gasteiger charge is 2.35.